The topological polar surface area (TPSA) is 439 Å². The number of nitrogen functional groups attached to an aromatic ring is 1. The zero-order chi connectivity index (χ0) is 93.5. The standard InChI is InChI=1S/C96H143N11O23/c1-63-21-13-11-14-22-64(2)82(119-8)59-76-31-28-69(7)96(118,130-76)91(115)94(116)105-37-18-16-26-80(105)95(117)129-83(60-81(111)65(3)54-68(6)89(114)90(121-10)88(113)67(5)53-63)66(4)55-70-29-33-79(84(56-70)120-9)107-61-72(102-104-107)23-19-27-85(112)98-36-42-125-46-50-127-48-44-124-41-35-74(109)25-20-39-122-43-47-126-51-52-128-49-45-123-40-34-73(108)24-15-12-17-38-106-93-86(92(97)99-62-100-93)87(103-106)78-58-71-57-75(110)30-32-77(71)101-78/h11,13-14,21-22,30,32,54,57-58,61-63,65-67,69-70,76,79-80,82-84,89-90,101,110,114,118H,12,15-20,23-29,31,33-53,55-56,59-60H2,1-10H3,(H,98,112)(H2,97,99,100)/b14-11+,21-13+,64-22+,68-54+/t63-,65-,66-,67-,69-,70+,76+,79+,80+,82+,83+,84-,89-,90+,96-/m1/s1. The van der Waals surface area contributed by atoms with Gasteiger partial charge in [0.2, 0.25) is 11.7 Å². The number of anilines is 1. The summed E-state index contributed by atoms with van der Waals surface area (Å²) in [5, 5.41) is 52.0. The molecular weight excluding hydrogens is 1680 g/mol. The predicted molar refractivity (Wildman–Crippen MR) is 486 cm³/mol. The molecule has 4 aromatic heterocycles. The number of aliphatic hydroxyl groups excluding tert-OH is 1. The molecule has 34 nitrogen and oxygen atoms in total. The lowest BCUT2D eigenvalue weighted by atomic mass is 9.77. The van der Waals surface area contributed by atoms with E-state index in [1.54, 1.807) is 59.3 Å². The number of rotatable bonds is 46. The number of aryl methyl sites for hydroxylation is 2. The Morgan fingerprint density at radius 1 is 0.715 bits per heavy atom. The van der Waals surface area contributed by atoms with Crippen LogP contribution in [0.4, 0.5) is 5.82 Å². The number of aliphatic hydroxyl groups is 2. The van der Waals surface area contributed by atoms with Crippen LogP contribution in [0.5, 0.6) is 5.75 Å². The number of aromatic amines is 1. The highest BCUT2D eigenvalue weighted by Crippen LogP contribution is 2.41. The van der Waals surface area contributed by atoms with E-state index in [0.717, 1.165) is 53.5 Å². The maximum absolute atomic E-state index is 14.8. The number of nitrogens with two attached hydrogens (primary N) is 1. The number of allylic oxidation sites excluding steroid dienone is 6. The first-order valence-corrected chi connectivity index (χ1v) is 46.7. The third-order valence-electron chi connectivity index (χ3n) is 25.2. The molecule has 9 rings (SSSR count). The molecular formula is C96H143N11O23. The van der Waals surface area contributed by atoms with Gasteiger partial charge < -0.3 is 93.1 Å². The third kappa shape index (κ3) is 32.6. The van der Waals surface area contributed by atoms with Crippen molar-refractivity contribution >= 4 is 74.5 Å². The number of carbonyl (C=O) groups is 8. The van der Waals surface area contributed by atoms with Crippen LogP contribution < -0.4 is 11.1 Å². The summed E-state index contributed by atoms with van der Waals surface area (Å²) >= 11 is 0. The molecule has 0 unspecified atom stereocenters. The van der Waals surface area contributed by atoms with Gasteiger partial charge in [0.15, 0.2) is 11.4 Å². The number of esters is 1. The van der Waals surface area contributed by atoms with E-state index in [4.69, 9.17) is 67.7 Å². The van der Waals surface area contributed by atoms with Gasteiger partial charge in [-0.15, -0.1) is 5.10 Å². The number of methoxy groups -OCH3 is 3. The van der Waals surface area contributed by atoms with E-state index in [1.807, 2.05) is 79.7 Å². The van der Waals surface area contributed by atoms with Crippen LogP contribution in [0.15, 0.2) is 84.4 Å². The molecule has 5 aromatic rings. The number of benzene rings is 1. The second-order valence-corrected chi connectivity index (χ2v) is 35.2. The molecule has 7 heterocycles. The molecule has 1 saturated carbocycles. The monoisotopic (exact) mass is 1820 g/mol. The number of cyclic esters (lactones) is 1. The first-order valence-electron chi connectivity index (χ1n) is 46.7. The summed E-state index contributed by atoms with van der Waals surface area (Å²) in [6, 6.07) is 5.68. The number of ketones is 5. The molecule has 2 amide bonds. The van der Waals surface area contributed by atoms with Crippen LogP contribution >= 0.6 is 0 Å². The van der Waals surface area contributed by atoms with Gasteiger partial charge in [-0.1, -0.05) is 82.7 Å². The number of aromatic nitrogens is 8. The summed E-state index contributed by atoms with van der Waals surface area (Å²) in [6.07, 6.45) is 20.6. The number of hydrogen-bond acceptors (Lipinski definition) is 29. The van der Waals surface area contributed by atoms with Crippen LogP contribution in [0.25, 0.3) is 33.3 Å². The number of carbonyl (C=O) groups excluding carboxylic acids is 8. The van der Waals surface area contributed by atoms with Gasteiger partial charge in [0, 0.05) is 127 Å². The first-order chi connectivity index (χ1) is 62.7. The SMILES string of the molecule is CO[C@H]1C[C@@H]2CC[C@@H](C)[C@@](O)(O2)C(=O)C(=O)N2CCCC[C@H]2C(=O)O[C@H]([C@H](C)C[C@@H]2CC[C@H](n3cc(CCCC(=O)NCCOCCOCCOCCC(=O)CCCOCCOCCOCCOCCC(=O)CCCCCn4nc(-c5cc6cc(O)ccc6[nH]5)c5c(N)ncnc54)nn3)[C@H](OC)C2)CC(=O)[C@H](C)/C=C(\C)[C@@H](O)[C@@H](OC)C(=O)[C@H](C)C[C@H](C)/C=C/C=C/C=C/1C. The summed E-state index contributed by atoms with van der Waals surface area (Å²) in [7, 11) is 4.60. The average molecular weight is 1820 g/mol. The molecule has 2 saturated heterocycles. The summed E-state index contributed by atoms with van der Waals surface area (Å²) < 4.78 is 73.3. The van der Waals surface area contributed by atoms with Crippen molar-refractivity contribution in [2.45, 2.75) is 257 Å². The molecule has 4 aliphatic rings. The Balaban J connectivity index is 0.593. The zero-order valence-corrected chi connectivity index (χ0v) is 78.0. The summed E-state index contributed by atoms with van der Waals surface area (Å²) in [6.45, 7) is 18.8. The van der Waals surface area contributed by atoms with E-state index in [9.17, 15) is 53.7 Å². The average Bonchev–Trinajstić information content (AvgIpc) is 1.48. The molecule has 1 aliphatic carbocycles. The summed E-state index contributed by atoms with van der Waals surface area (Å²) in [5.74, 6) is -7.79. The number of piperidine rings is 1. The molecule has 7 N–H and O–H groups in total. The Morgan fingerprint density at radius 2 is 1.40 bits per heavy atom. The second-order valence-electron chi connectivity index (χ2n) is 35.2. The van der Waals surface area contributed by atoms with E-state index >= 15 is 0 Å². The number of H-pyrrole nitrogens is 1. The lowest BCUT2D eigenvalue weighted by Crippen LogP contribution is -2.61. The van der Waals surface area contributed by atoms with Crippen molar-refractivity contribution in [2.75, 3.05) is 133 Å². The van der Waals surface area contributed by atoms with Crippen LogP contribution in [0.3, 0.4) is 0 Å². The van der Waals surface area contributed by atoms with E-state index in [-0.39, 0.29) is 91.0 Å². The highest BCUT2D eigenvalue weighted by atomic mass is 16.6. The Bertz CT molecular complexity index is 4520. The molecule has 0 spiro atoms. The van der Waals surface area contributed by atoms with Crippen molar-refractivity contribution in [1.29, 1.82) is 0 Å². The molecule has 720 valence electrons. The number of phenols is 1. The number of hydrogen-bond donors (Lipinski definition) is 6. The summed E-state index contributed by atoms with van der Waals surface area (Å²) in [5.41, 5.74) is 11.1. The first kappa shape index (κ1) is 105. The smallest absolute Gasteiger partial charge is 0.329 e. The number of ether oxygens (including phenoxy) is 12. The van der Waals surface area contributed by atoms with Gasteiger partial charge in [-0.05, 0) is 163 Å². The largest absolute Gasteiger partial charge is 0.508 e. The number of aromatic hydroxyl groups is 1. The highest BCUT2D eigenvalue weighted by Gasteiger charge is 2.53. The number of nitrogens with one attached hydrogen (secondary N) is 2. The van der Waals surface area contributed by atoms with E-state index < -0.39 is 83.7 Å². The van der Waals surface area contributed by atoms with Crippen LogP contribution in [0.1, 0.15) is 201 Å². The fraction of sp³-hybridized carbons (Fsp3) is 0.677. The minimum Gasteiger partial charge on any atom is -0.508 e. The van der Waals surface area contributed by atoms with Gasteiger partial charge in [-0.2, -0.15) is 5.10 Å². The molecule has 130 heavy (non-hydrogen) atoms. The number of fused-ring (bicyclic) bond motifs is 5. The minimum absolute atomic E-state index is 0.0154. The molecule has 34 heteroatoms. The lowest BCUT2D eigenvalue weighted by molar-refractivity contribution is -0.265. The quantitative estimate of drug-likeness (QED) is 0.00912. The Hall–Kier alpha value is -8.75. The van der Waals surface area contributed by atoms with Crippen molar-refractivity contribution in [2.24, 2.45) is 35.5 Å². The fourth-order valence-electron chi connectivity index (χ4n) is 17.5. The van der Waals surface area contributed by atoms with Crippen LogP contribution in [-0.4, -0.2) is 282 Å². The molecule has 0 radical (unpaired) electrons. The molecule has 2 bridgehead atoms. The van der Waals surface area contributed by atoms with Gasteiger partial charge in [-0.25, -0.2) is 24.1 Å². The second kappa shape index (κ2) is 55.0. The lowest BCUT2D eigenvalue weighted by Gasteiger charge is -2.42. The molecule has 3 fully saturated rings. The van der Waals surface area contributed by atoms with E-state index in [2.05, 4.69) is 30.6 Å². The number of unbranched alkanes of at least 4 members (excludes halogenated alkanes) is 2. The Kier molecular flexibility index (Phi) is 44.4. The number of amides is 2. The highest BCUT2D eigenvalue weighted by molar-refractivity contribution is 6.39. The van der Waals surface area contributed by atoms with Crippen LogP contribution in [0.2, 0.25) is 0 Å². The Morgan fingerprint density at radius 3 is 2.09 bits per heavy atom. The molecule has 1 aromatic carbocycles. The number of nitrogens with zero attached hydrogens (tertiary/aromatic N) is 8. The minimum atomic E-state index is -2.48. The van der Waals surface area contributed by atoms with Crippen molar-refractivity contribution in [3.05, 3.63) is 90.1 Å². The van der Waals surface area contributed by atoms with Gasteiger partial charge >= 0.3 is 5.97 Å². The maximum atomic E-state index is 14.8. The number of phenolic OH excluding ortho intramolecular Hbond substituents is 1. The third-order valence-corrected chi connectivity index (χ3v) is 25.2. The summed E-state index contributed by atoms with van der Waals surface area (Å²) in [4.78, 5) is 123. The van der Waals surface area contributed by atoms with E-state index in [0.29, 0.717) is 230 Å². The molecule has 3 aliphatic heterocycles. The maximum Gasteiger partial charge on any atom is 0.329 e. The van der Waals surface area contributed by atoms with Gasteiger partial charge in [0.25, 0.3) is 11.7 Å². The van der Waals surface area contributed by atoms with Crippen LogP contribution in [0, 0.1) is 35.5 Å². The van der Waals surface area contributed by atoms with Crippen LogP contribution in [-0.2, 0) is 108 Å². The van der Waals surface area contributed by atoms with Crippen molar-refractivity contribution in [3.63, 3.8) is 0 Å². The zero-order valence-electron chi connectivity index (χ0n) is 78.0. The van der Waals surface area contributed by atoms with Crippen molar-refractivity contribution < 1.29 is 111 Å². The van der Waals surface area contributed by atoms with Gasteiger partial charge in [-0.3, -0.25) is 33.6 Å². The predicted octanol–water partition coefficient (Wildman–Crippen LogP) is 10.7. The van der Waals surface area contributed by atoms with Crippen molar-refractivity contribution in [3.8, 4) is 17.1 Å². The van der Waals surface area contributed by atoms with Gasteiger partial charge in [0.1, 0.15) is 65.3 Å². The van der Waals surface area contributed by atoms with Gasteiger partial charge in [0.05, 0.1) is 127 Å². The normalized spacial score (nSPS) is 26.1. The molecule has 15 atom stereocenters. The van der Waals surface area contributed by atoms with E-state index in [1.165, 1.54) is 18.3 Å². The van der Waals surface area contributed by atoms with Crippen molar-refractivity contribution in [1.82, 2.24) is 49.9 Å². The Labute approximate surface area is 763 Å². The fourth-order valence-corrected chi connectivity index (χ4v) is 17.5. The number of Topliss-reactive ketones (excluding diaryl/α,β-unsaturated/α-hetero) is 5.